The predicted octanol–water partition coefficient (Wildman–Crippen LogP) is 2.85. The van der Waals surface area contributed by atoms with E-state index in [1.807, 2.05) is 52.2 Å². The van der Waals surface area contributed by atoms with Gasteiger partial charge in [0, 0.05) is 37.0 Å². The Bertz CT molecular complexity index is 1150. The fraction of sp³-hybridized carbons (Fsp3) is 0.458. The second kappa shape index (κ2) is 10.1. The summed E-state index contributed by atoms with van der Waals surface area (Å²) in [4.78, 5) is 33.2. The van der Waals surface area contributed by atoms with Gasteiger partial charge in [-0.25, -0.2) is 4.98 Å². The highest BCUT2D eigenvalue weighted by atomic mass is 16.4. The average molecular weight is 440 g/mol. The van der Waals surface area contributed by atoms with Crippen molar-refractivity contribution in [3.05, 3.63) is 51.9 Å². The second-order valence-corrected chi connectivity index (χ2v) is 9.02. The molecule has 0 bridgehead atoms. The van der Waals surface area contributed by atoms with E-state index in [1.165, 1.54) is 0 Å². The summed E-state index contributed by atoms with van der Waals surface area (Å²) in [5.41, 5.74) is 4.23. The van der Waals surface area contributed by atoms with Crippen molar-refractivity contribution < 1.29 is 9.90 Å². The van der Waals surface area contributed by atoms with Gasteiger partial charge in [0.15, 0.2) is 0 Å². The first-order valence-electron chi connectivity index (χ1n) is 11.0. The van der Waals surface area contributed by atoms with Gasteiger partial charge in [0.2, 0.25) is 0 Å². The number of carboxylic acids is 1. The average Bonchev–Trinajstić information content (AvgIpc) is 3.08. The molecule has 3 N–H and O–H groups in total. The number of aromatic amines is 1. The van der Waals surface area contributed by atoms with Gasteiger partial charge in [-0.2, -0.15) is 0 Å². The molecule has 0 fully saturated rings. The Balaban J connectivity index is 1.95. The van der Waals surface area contributed by atoms with Gasteiger partial charge in [0.05, 0.1) is 11.0 Å². The van der Waals surface area contributed by atoms with Crippen molar-refractivity contribution in [2.24, 2.45) is 5.92 Å². The van der Waals surface area contributed by atoms with Crippen LogP contribution in [0.2, 0.25) is 0 Å². The number of likely N-dealkylation sites (N-methyl/N-ethyl adjacent to an activating group) is 1. The summed E-state index contributed by atoms with van der Waals surface area (Å²) in [6, 6.07) is 7.33. The summed E-state index contributed by atoms with van der Waals surface area (Å²) in [5.74, 6) is 0.264. The number of nitrogens with one attached hydrogen (secondary N) is 2. The number of fused-ring (bicyclic) bond motifs is 1. The van der Waals surface area contributed by atoms with E-state index in [1.54, 1.807) is 13.1 Å². The van der Waals surface area contributed by atoms with E-state index in [9.17, 15) is 14.7 Å². The van der Waals surface area contributed by atoms with Crippen LogP contribution in [0.15, 0.2) is 35.3 Å². The third-order valence-electron chi connectivity index (χ3n) is 5.49. The molecule has 8 heteroatoms. The molecule has 0 aliphatic heterocycles. The van der Waals surface area contributed by atoms with E-state index >= 15 is 0 Å². The smallest absolute Gasteiger partial charge is 0.320 e. The number of imidazole rings is 1. The number of carbonyl (C=O) groups is 1. The zero-order valence-electron chi connectivity index (χ0n) is 19.5. The van der Waals surface area contributed by atoms with Crippen molar-refractivity contribution in [1.29, 1.82) is 0 Å². The molecule has 1 unspecified atom stereocenters. The zero-order valence-corrected chi connectivity index (χ0v) is 19.5. The lowest BCUT2D eigenvalue weighted by Crippen LogP contribution is -2.37. The number of aliphatic carboxylic acids is 1. The fourth-order valence-corrected chi connectivity index (χ4v) is 3.74. The van der Waals surface area contributed by atoms with Crippen molar-refractivity contribution in [3.8, 4) is 11.4 Å². The van der Waals surface area contributed by atoms with Crippen LogP contribution in [-0.2, 0) is 17.9 Å². The molecule has 0 radical (unpaired) electrons. The Morgan fingerprint density at radius 2 is 2.03 bits per heavy atom. The summed E-state index contributed by atoms with van der Waals surface area (Å²) in [6.45, 7) is 7.88. The number of rotatable bonds is 10. The summed E-state index contributed by atoms with van der Waals surface area (Å²) in [5, 5.41) is 12.6. The number of pyridine rings is 1. The van der Waals surface area contributed by atoms with Gasteiger partial charge in [0.1, 0.15) is 11.9 Å². The second-order valence-electron chi connectivity index (χ2n) is 9.02. The van der Waals surface area contributed by atoms with Gasteiger partial charge in [-0.3, -0.25) is 9.59 Å². The fourth-order valence-electron chi connectivity index (χ4n) is 3.74. The molecule has 2 heterocycles. The number of hydrogen-bond acceptors (Lipinski definition) is 5. The van der Waals surface area contributed by atoms with Crippen molar-refractivity contribution in [2.45, 2.75) is 46.3 Å². The molecule has 0 saturated heterocycles. The minimum atomic E-state index is -0.830. The van der Waals surface area contributed by atoms with Crippen LogP contribution in [0.1, 0.15) is 31.4 Å². The van der Waals surface area contributed by atoms with Gasteiger partial charge < -0.3 is 24.9 Å². The van der Waals surface area contributed by atoms with Gasteiger partial charge in [-0.05, 0) is 57.1 Å². The molecule has 2 aromatic heterocycles. The Kier molecular flexibility index (Phi) is 7.48. The molecule has 0 aliphatic rings. The highest BCUT2D eigenvalue weighted by Crippen LogP contribution is 2.25. The number of nitrogens with zero attached hydrogens (tertiary/aromatic N) is 3. The molecule has 1 aromatic carbocycles. The molecule has 0 spiro atoms. The third kappa shape index (κ3) is 5.63. The van der Waals surface area contributed by atoms with E-state index < -0.39 is 12.0 Å². The standard InChI is InChI=1S/C24H33N5O3/c1-15(2)10-20(24(31)32)25-13-17-6-7-21-19(12-17)27-22(29(21)9-8-28(4)5)18-11-16(3)23(30)26-14-18/h6-7,11-12,14-15,20,25H,8-10,13H2,1-5H3,(H,26,30)(H,31,32). The van der Waals surface area contributed by atoms with Gasteiger partial charge in [-0.15, -0.1) is 0 Å². The Labute approximate surface area is 188 Å². The normalized spacial score (nSPS) is 12.7. The number of benzene rings is 1. The van der Waals surface area contributed by atoms with Crippen LogP contribution in [0.4, 0.5) is 0 Å². The van der Waals surface area contributed by atoms with Crippen molar-refractivity contribution in [1.82, 2.24) is 24.8 Å². The first kappa shape index (κ1) is 23.7. The summed E-state index contributed by atoms with van der Waals surface area (Å²) in [6.07, 6.45) is 2.28. The number of aromatic nitrogens is 3. The summed E-state index contributed by atoms with van der Waals surface area (Å²) in [7, 11) is 4.06. The minimum absolute atomic E-state index is 0.104. The molecule has 32 heavy (non-hydrogen) atoms. The van der Waals surface area contributed by atoms with E-state index in [-0.39, 0.29) is 5.56 Å². The van der Waals surface area contributed by atoms with E-state index in [0.717, 1.165) is 41.1 Å². The molecule has 8 nitrogen and oxygen atoms in total. The van der Waals surface area contributed by atoms with Crippen LogP contribution in [0.5, 0.6) is 0 Å². The van der Waals surface area contributed by atoms with E-state index in [4.69, 9.17) is 4.98 Å². The number of hydrogen-bond donors (Lipinski definition) is 3. The van der Waals surface area contributed by atoms with E-state index in [2.05, 4.69) is 19.8 Å². The maximum atomic E-state index is 11.8. The lowest BCUT2D eigenvalue weighted by Gasteiger charge is -2.16. The first-order valence-corrected chi connectivity index (χ1v) is 11.0. The van der Waals surface area contributed by atoms with Gasteiger partial charge in [-0.1, -0.05) is 19.9 Å². The first-order chi connectivity index (χ1) is 15.2. The zero-order chi connectivity index (χ0) is 23.4. The minimum Gasteiger partial charge on any atom is -0.480 e. The predicted molar refractivity (Wildman–Crippen MR) is 127 cm³/mol. The Morgan fingerprint density at radius 1 is 1.28 bits per heavy atom. The molecule has 3 rings (SSSR count). The maximum absolute atomic E-state index is 11.8. The topological polar surface area (TPSA) is 103 Å². The largest absolute Gasteiger partial charge is 0.480 e. The monoisotopic (exact) mass is 439 g/mol. The van der Waals surface area contributed by atoms with Crippen molar-refractivity contribution >= 4 is 17.0 Å². The molecule has 0 amide bonds. The quantitative estimate of drug-likeness (QED) is 0.449. The molecular formula is C24H33N5O3. The maximum Gasteiger partial charge on any atom is 0.320 e. The summed E-state index contributed by atoms with van der Waals surface area (Å²) >= 11 is 0. The number of carboxylic acid groups (broad SMARTS) is 1. The van der Waals surface area contributed by atoms with Crippen LogP contribution in [0.3, 0.4) is 0 Å². The Morgan fingerprint density at radius 3 is 2.66 bits per heavy atom. The molecule has 172 valence electrons. The van der Waals surface area contributed by atoms with Gasteiger partial charge >= 0.3 is 5.97 Å². The van der Waals surface area contributed by atoms with Crippen molar-refractivity contribution in [3.63, 3.8) is 0 Å². The highest BCUT2D eigenvalue weighted by molar-refractivity contribution is 5.81. The third-order valence-corrected chi connectivity index (χ3v) is 5.49. The molecule has 0 saturated carbocycles. The SMILES string of the molecule is Cc1cc(-c2nc3cc(CNC(CC(C)C)C(=O)O)ccc3n2CCN(C)C)c[nH]c1=O. The van der Waals surface area contributed by atoms with E-state index in [0.29, 0.717) is 24.4 Å². The van der Waals surface area contributed by atoms with Crippen LogP contribution < -0.4 is 10.9 Å². The lowest BCUT2D eigenvalue weighted by atomic mass is 10.0. The van der Waals surface area contributed by atoms with Crippen molar-refractivity contribution in [2.75, 3.05) is 20.6 Å². The summed E-state index contributed by atoms with van der Waals surface area (Å²) < 4.78 is 2.17. The van der Waals surface area contributed by atoms with Crippen LogP contribution >= 0.6 is 0 Å². The van der Waals surface area contributed by atoms with Crippen LogP contribution in [0.25, 0.3) is 22.4 Å². The number of aryl methyl sites for hydroxylation is 1. The molecule has 1 atom stereocenters. The van der Waals surface area contributed by atoms with Crippen LogP contribution in [0, 0.1) is 12.8 Å². The van der Waals surface area contributed by atoms with Crippen LogP contribution in [-0.4, -0.2) is 57.2 Å². The molecule has 0 aliphatic carbocycles. The molecular weight excluding hydrogens is 406 g/mol. The lowest BCUT2D eigenvalue weighted by molar-refractivity contribution is -0.140. The Hall–Kier alpha value is -2.97. The van der Waals surface area contributed by atoms with Gasteiger partial charge in [0.25, 0.3) is 5.56 Å². The number of H-pyrrole nitrogens is 1. The molecule has 3 aromatic rings. The highest BCUT2D eigenvalue weighted by Gasteiger charge is 2.19.